The van der Waals surface area contributed by atoms with Crippen molar-refractivity contribution in [3.05, 3.63) is 79.1 Å². The molecule has 5 rings (SSSR count). The van der Waals surface area contributed by atoms with Crippen LogP contribution in [0.1, 0.15) is 24.8 Å². The van der Waals surface area contributed by atoms with Crippen LogP contribution >= 0.6 is 39.1 Å². The fourth-order valence-electron chi connectivity index (χ4n) is 5.12. The molecule has 34 heavy (non-hydrogen) atoms. The summed E-state index contributed by atoms with van der Waals surface area (Å²) in [5, 5.41) is 3.32. The van der Waals surface area contributed by atoms with Crippen LogP contribution in [0.15, 0.2) is 63.5 Å². The number of methoxy groups -OCH3 is 1. The number of halogens is 3. The van der Waals surface area contributed by atoms with Crippen molar-refractivity contribution in [3.8, 4) is 0 Å². The summed E-state index contributed by atoms with van der Waals surface area (Å²) in [6, 6.07) is 10.2. The molecule has 2 aromatic rings. The Labute approximate surface area is 213 Å². The first-order chi connectivity index (χ1) is 16.2. The Balaban J connectivity index is 1.94. The Morgan fingerprint density at radius 1 is 1.21 bits per heavy atom. The average molecular weight is 563 g/mol. The third-order valence-electron chi connectivity index (χ3n) is 6.44. The summed E-state index contributed by atoms with van der Waals surface area (Å²) in [5.74, 6) is -1.66. The predicted octanol–water partition coefficient (Wildman–Crippen LogP) is 4.82. The number of benzene rings is 2. The maximum atomic E-state index is 13.8. The van der Waals surface area contributed by atoms with Gasteiger partial charge in [-0.25, -0.2) is 4.79 Å². The molecular formula is C24H18BrCl2N3O4. The molecule has 2 aromatic carbocycles. The highest BCUT2D eigenvalue weighted by atomic mass is 79.9. The Hall–Kier alpha value is -2.81. The van der Waals surface area contributed by atoms with Crippen LogP contribution in [0, 0.1) is 0 Å². The normalized spacial score (nSPS) is 21.6. The Morgan fingerprint density at radius 3 is 2.71 bits per heavy atom. The van der Waals surface area contributed by atoms with Crippen molar-refractivity contribution in [2.45, 2.75) is 24.7 Å². The number of ketones is 1. The van der Waals surface area contributed by atoms with E-state index >= 15 is 0 Å². The minimum absolute atomic E-state index is 0.0487. The van der Waals surface area contributed by atoms with Gasteiger partial charge in [-0.3, -0.25) is 14.5 Å². The minimum atomic E-state index is -1.76. The molecular weight excluding hydrogens is 545 g/mol. The molecule has 2 heterocycles. The number of anilines is 2. The van der Waals surface area contributed by atoms with Crippen molar-refractivity contribution in [1.82, 2.24) is 0 Å². The topological polar surface area (TPSA) is 102 Å². The number of rotatable bonds is 2. The first-order valence-electron chi connectivity index (χ1n) is 10.4. The second-order valence-electron chi connectivity index (χ2n) is 8.15. The van der Waals surface area contributed by atoms with E-state index in [2.05, 4.69) is 21.2 Å². The number of nitrogens with two attached hydrogens (primary N) is 1. The minimum Gasteiger partial charge on any atom is -0.466 e. The molecule has 3 N–H and O–H groups in total. The molecule has 7 nitrogen and oxygen atoms in total. The van der Waals surface area contributed by atoms with Crippen LogP contribution in [-0.4, -0.2) is 24.8 Å². The van der Waals surface area contributed by atoms with E-state index in [1.165, 1.54) is 7.11 Å². The van der Waals surface area contributed by atoms with Gasteiger partial charge in [-0.1, -0.05) is 45.2 Å². The molecule has 0 saturated heterocycles. The van der Waals surface area contributed by atoms with E-state index in [0.717, 1.165) is 0 Å². The summed E-state index contributed by atoms with van der Waals surface area (Å²) < 4.78 is 5.78. The first kappa shape index (κ1) is 23.0. The maximum Gasteiger partial charge on any atom is 0.339 e. The quantitative estimate of drug-likeness (QED) is 0.509. The third kappa shape index (κ3) is 2.98. The van der Waals surface area contributed by atoms with E-state index in [9.17, 15) is 14.4 Å². The molecule has 10 heteroatoms. The first-order valence-corrected chi connectivity index (χ1v) is 12.0. The van der Waals surface area contributed by atoms with Crippen molar-refractivity contribution in [3.63, 3.8) is 0 Å². The van der Waals surface area contributed by atoms with Crippen LogP contribution < -0.4 is 16.0 Å². The van der Waals surface area contributed by atoms with E-state index in [1.54, 1.807) is 41.3 Å². The second-order valence-corrected chi connectivity index (χ2v) is 9.85. The van der Waals surface area contributed by atoms with Gasteiger partial charge in [-0.05, 0) is 43.2 Å². The Bertz CT molecular complexity index is 1370. The Kier molecular flexibility index (Phi) is 5.50. The molecule has 1 aliphatic carbocycles. The molecule has 0 bridgehead atoms. The monoisotopic (exact) mass is 561 g/mol. The summed E-state index contributed by atoms with van der Waals surface area (Å²) in [4.78, 5) is 42.2. The van der Waals surface area contributed by atoms with Crippen molar-refractivity contribution in [2.24, 2.45) is 5.73 Å². The predicted molar refractivity (Wildman–Crippen MR) is 133 cm³/mol. The number of hydrogen-bond donors (Lipinski definition) is 2. The number of ether oxygens (including phenoxy) is 1. The number of esters is 1. The number of fused-ring (bicyclic) bond motifs is 3. The second kappa shape index (κ2) is 8.15. The van der Waals surface area contributed by atoms with Crippen LogP contribution in [0.4, 0.5) is 11.4 Å². The lowest BCUT2D eigenvalue weighted by atomic mass is 9.63. The summed E-state index contributed by atoms with van der Waals surface area (Å²) in [5.41, 5.74) is 6.82. The van der Waals surface area contributed by atoms with Gasteiger partial charge in [0.15, 0.2) is 5.78 Å². The van der Waals surface area contributed by atoms with Gasteiger partial charge in [0.1, 0.15) is 16.8 Å². The van der Waals surface area contributed by atoms with Crippen molar-refractivity contribution in [1.29, 1.82) is 0 Å². The van der Waals surface area contributed by atoms with Gasteiger partial charge in [-0.2, -0.15) is 0 Å². The SMILES string of the molecule is COC(=O)C1=C(N)N(c2cccc(Cl)c2Cl)C2=C(C(=O)CCC2)C12C(=O)Nc1ccc(Br)cc12. The van der Waals surface area contributed by atoms with Crippen molar-refractivity contribution in [2.75, 3.05) is 17.3 Å². The zero-order chi connectivity index (χ0) is 24.4. The van der Waals surface area contributed by atoms with Gasteiger partial charge in [0.25, 0.3) is 0 Å². The van der Waals surface area contributed by atoms with Gasteiger partial charge in [0.2, 0.25) is 5.91 Å². The molecule has 0 saturated carbocycles. The number of Topliss-reactive ketones (excluding diaryl/α,β-unsaturated/α-hetero) is 1. The van der Waals surface area contributed by atoms with Crippen LogP contribution in [0.5, 0.6) is 0 Å². The number of amides is 1. The molecule has 0 fully saturated rings. The van der Waals surface area contributed by atoms with E-state index in [1.807, 2.05) is 0 Å². The lowest BCUT2D eigenvalue weighted by molar-refractivity contribution is -0.138. The molecule has 0 radical (unpaired) electrons. The summed E-state index contributed by atoms with van der Waals surface area (Å²) in [6.07, 6.45) is 1.22. The standard InChI is InChI=1S/C24H18BrCl2N3O4/c1-34-22(32)19-21(28)30(16-6-2-4-13(26)20(16)27)15-5-3-7-17(31)18(15)24(19)12-10-11(25)8-9-14(12)29-23(24)33/h2,4,6,8-10H,3,5,7,28H2,1H3,(H,29,33). The zero-order valence-corrected chi connectivity index (χ0v) is 21.0. The molecule has 1 spiro atoms. The van der Waals surface area contributed by atoms with Gasteiger partial charge < -0.3 is 15.8 Å². The maximum absolute atomic E-state index is 13.8. The highest BCUT2D eigenvalue weighted by Gasteiger charge is 2.62. The molecule has 3 aliphatic rings. The van der Waals surface area contributed by atoms with Crippen LogP contribution in [0.3, 0.4) is 0 Å². The summed E-state index contributed by atoms with van der Waals surface area (Å²) >= 11 is 16.3. The Morgan fingerprint density at radius 2 is 1.97 bits per heavy atom. The largest absolute Gasteiger partial charge is 0.466 e. The molecule has 2 aliphatic heterocycles. The van der Waals surface area contributed by atoms with E-state index in [4.69, 9.17) is 33.7 Å². The number of carbonyl (C=O) groups is 3. The molecule has 1 atom stereocenters. The van der Waals surface area contributed by atoms with Crippen molar-refractivity contribution < 1.29 is 19.1 Å². The van der Waals surface area contributed by atoms with E-state index < -0.39 is 17.3 Å². The summed E-state index contributed by atoms with van der Waals surface area (Å²) in [7, 11) is 1.20. The molecule has 174 valence electrons. The lowest BCUT2D eigenvalue weighted by Gasteiger charge is -2.44. The number of nitrogens with zero attached hydrogens (tertiary/aromatic N) is 1. The van der Waals surface area contributed by atoms with E-state index in [0.29, 0.717) is 39.9 Å². The third-order valence-corrected chi connectivity index (χ3v) is 7.74. The smallest absolute Gasteiger partial charge is 0.339 e. The number of hydrogen-bond acceptors (Lipinski definition) is 6. The van der Waals surface area contributed by atoms with E-state index in [-0.39, 0.29) is 39.2 Å². The van der Waals surface area contributed by atoms with Gasteiger partial charge in [0.05, 0.1) is 22.8 Å². The van der Waals surface area contributed by atoms with Crippen LogP contribution in [0.25, 0.3) is 0 Å². The van der Waals surface area contributed by atoms with Gasteiger partial charge in [-0.15, -0.1) is 0 Å². The zero-order valence-electron chi connectivity index (χ0n) is 17.9. The summed E-state index contributed by atoms with van der Waals surface area (Å²) in [6.45, 7) is 0. The van der Waals surface area contributed by atoms with Crippen LogP contribution in [-0.2, 0) is 24.5 Å². The highest BCUT2D eigenvalue weighted by Crippen LogP contribution is 2.56. The number of nitrogens with one attached hydrogen (secondary N) is 1. The van der Waals surface area contributed by atoms with Crippen molar-refractivity contribution >= 4 is 68.2 Å². The molecule has 0 aromatic heterocycles. The molecule has 1 unspecified atom stereocenters. The molecule has 1 amide bonds. The fourth-order valence-corrected chi connectivity index (χ4v) is 5.86. The van der Waals surface area contributed by atoms with Gasteiger partial charge in [0, 0.05) is 33.4 Å². The lowest BCUT2D eigenvalue weighted by Crippen LogP contribution is -2.53. The number of allylic oxidation sites excluding steroid dienone is 1. The fraction of sp³-hybridized carbons (Fsp3) is 0.208. The highest BCUT2D eigenvalue weighted by molar-refractivity contribution is 9.10. The van der Waals surface area contributed by atoms with Gasteiger partial charge >= 0.3 is 5.97 Å². The van der Waals surface area contributed by atoms with Crippen LogP contribution in [0.2, 0.25) is 10.0 Å². The number of carbonyl (C=O) groups excluding carboxylic acids is 3. The average Bonchev–Trinajstić information content (AvgIpc) is 3.08.